The fourth-order valence-electron chi connectivity index (χ4n) is 4.17. The Morgan fingerprint density at radius 2 is 1.55 bits per heavy atom. The zero-order valence-corrected chi connectivity index (χ0v) is 17.2. The molecule has 1 fully saturated rings. The lowest BCUT2D eigenvalue weighted by Crippen LogP contribution is -2.51. The van der Waals surface area contributed by atoms with Crippen molar-refractivity contribution in [3.05, 3.63) is 83.9 Å². The van der Waals surface area contributed by atoms with Crippen LogP contribution in [0.2, 0.25) is 0 Å². The first-order valence-corrected chi connectivity index (χ1v) is 10.2. The number of amides is 3. The van der Waals surface area contributed by atoms with E-state index in [0.29, 0.717) is 0 Å². The fraction of sp³-hybridized carbons (Fsp3) is 0.292. The minimum absolute atomic E-state index is 0.0999. The van der Waals surface area contributed by atoms with Crippen LogP contribution in [0.15, 0.2) is 72.8 Å². The van der Waals surface area contributed by atoms with Crippen molar-refractivity contribution in [2.24, 2.45) is 0 Å². The van der Waals surface area contributed by atoms with E-state index in [4.69, 9.17) is 4.74 Å². The monoisotopic (exact) mass is 420 g/mol. The van der Waals surface area contributed by atoms with E-state index in [9.17, 15) is 19.5 Å². The molecule has 0 bridgehead atoms. The largest absolute Gasteiger partial charge is 0.464 e. The van der Waals surface area contributed by atoms with E-state index >= 15 is 0 Å². The van der Waals surface area contributed by atoms with Gasteiger partial charge < -0.3 is 14.7 Å². The number of aliphatic hydroxyl groups is 1. The van der Waals surface area contributed by atoms with Gasteiger partial charge in [-0.25, -0.2) is 9.59 Å². The number of esters is 1. The predicted octanol–water partition coefficient (Wildman–Crippen LogP) is 2.64. The van der Waals surface area contributed by atoms with Gasteiger partial charge in [0, 0.05) is 13.0 Å². The molecule has 2 aromatic carbocycles. The van der Waals surface area contributed by atoms with Crippen LogP contribution in [0, 0.1) is 0 Å². The molecule has 2 unspecified atom stereocenters. The Balaban J connectivity index is 1.70. The summed E-state index contributed by atoms with van der Waals surface area (Å²) in [5.74, 6) is -1.29. The average molecular weight is 420 g/mol. The molecule has 1 aliphatic carbocycles. The molecule has 0 radical (unpaired) electrons. The summed E-state index contributed by atoms with van der Waals surface area (Å²) in [5.41, 5.74) is -1.78. The number of imide groups is 1. The third kappa shape index (κ3) is 3.61. The first kappa shape index (κ1) is 20.8. The summed E-state index contributed by atoms with van der Waals surface area (Å²) in [5, 5.41) is 10.9. The summed E-state index contributed by atoms with van der Waals surface area (Å²) in [6, 6.07) is 18.1. The Morgan fingerprint density at radius 3 is 2.13 bits per heavy atom. The van der Waals surface area contributed by atoms with Crippen molar-refractivity contribution in [2.75, 3.05) is 6.61 Å². The van der Waals surface area contributed by atoms with E-state index in [1.165, 1.54) is 22.0 Å². The molecule has 4 rings (SSSR count). The summed E-state index contributed by atoms with van der Waals surface area (Å²) >= 11 is 0. The van der Waals surface area contributed by atoms with Crippen LogP contribution in [0.4, 0.5) is 4.79 Å². The standard InChI is InChI=1S/C24H24N2O5/c1-2-31-21(28)24(30)14-13-23(17-24)20(27)25(15-18-9-5-3-6-10-18)22(29)26(23)16-19-11-7-4-8-12-19/h3-14,30H,2,15-17H2,1H3. The van der Waals surface area contributed by atoms with Crippen molar-refractivity contribution in [2.45, 2.75) is 37.6 Å². The van der Waals surface area contributed by atoms with Crippen molar-refractivity contribution < 1.29 is 24.2 Å². The van der Waals surface area contributed by atoms with Gasteiger partial charge in [0.15, 0.2) is 5.60 Å². The van der Waals surface area contributed by atoms with Gasteiger partial charge in [-0.1, -0.05) is 60.7 Å². The SMILES string of the molecule is CCOC(=O)C1(O)C=CC2(C1)C(=O)N(Cc1ccccc1)C(=O)N2Cc1ccccc1. The van der Waals surface area contributed by atoms with Crippen molar-refractivity contribution in [3.8, 4) is 0 Å². The van der Waals surface area contributed by atoms with Gasteiger partial charge in [-0.2, -0.15) is 0 Å². The quantitative estimate of drug-likeness (QED) is 0.441. The van der Waals surface area contributed by atoms with E-state index < -0.39 is 29.0 Å². The summed E-state index contributed by atoms with van der Waals surface area (Å²) in [6.07, 6.45) is 2.47. The molecule has 1 heterocycles. The number of benzene rings is 2. The number of nitrogens with zero attached hydrogens (tertiary/aromatic N) is 2. The van der Waals surface area contributed by atoms with Gasteiger partial charge in [-0.05, 0) is 30.2 Å². The molecule has 7 nitrogen and oxygen atoms in total. The molecule has 2 aliphatic rings. The fourth-order valence-corrected chi connectivity index (χ4v) is 4.17. The molecule has 2 aromatic rings. The molecule has 2 atom stereocenters. The van der Waals surface area contributed by atoms with Gasteiger partial charge in [0.05, 0.1) is 13.2 Å². The maximum Gasteiger partial charge on any atom is 0.342 e. The lowest BCUT2D eigenvalue weighted by atomic mass is 9.90. The minimum Gasteiger partial charge on any atom is -0.464 e. The third-order valence-corrected chi connectivity index (χ3v) is 5.73. The molecule has 0 aromatic heterocycles. The van der Waals surface area contributed by atoms with Gasteiger partial charge in [-0.3, -0.25) is 9.69 Å². The lowest BCUT2D eigenvalue weighted by molar-refractivity contribution is -0.161. The van der Waals surface area contributed by atoms with Crippen molar-refractivity contribution in [3.63, 3.8) is 0 Å². The second-order valence-corrected chi connectivity index (χ2v) is 7.81. The zero-order chi connectivity index (χ0) is 22.1. The second-order valence-electron chi connectivity index (χ2n) is 7.81. The summed E-state index contributed by atoms with van der Waals surface area (Å²) in [6.45, 7) is 2.02. The predicted molar refractivity (Wildman–Crippen MR) is 112 cm³/mol. The van der Waals surface area contributed by atoms with Crippen LogP contribution in [-0.2, 0) is 27.4 Å². The minimum atomic E-state index is -1.97. The van der Waals surface area contributed by atoms with E-state index in [1.807, 2.05) is 60.7 Å². The van der Waals surface area contributed by atoms with Gasteiger partial charge in [0.1, 0.15) is 5.54 Å². The molecule has 3 amide bonds. The van der Waals surface area contributed by atoms with Crippen LogP contribution in [0.3, 0.4) is 0 Å². The highest BCUT2D eigenvalue weighted by Gasteiger charge is 2.62. The molecule has 7 heteroatoms. The zero-order valence-electron chi connectivity index (χ0n) is 17.2. The number of hydrogen-bond acceptors (Lipinski definition) is 5. The van der Waals surface area contributed by atoms with Crippen LogP contribution < -0.4 is 0 Å². The van der Waals surface area contributed by atoms with Gasteiger partial charge in [-0.15, -0.1) is 0 Å². The average Bonchev–Trinajstić information content (AvgIpc) is 3.23. The van der Waals surface area contributed by atoms with Crippen molar-refractivity contribution >= 4 is 17.9 Å². The molecule has 31 heavy (non-hydrogen) atoms. The van der Waals surface area contributed by atoms with E-state index in [2.05, 4.69) is 0 Å². The number of hydrogen-bond donors (Lipinski definition) is 1. The number of carbonyl (C=O) groups is 3. The van der Waals surface area contributed by atoms with Crippen molar-refractivity contribution in [1.82, 2.24) is 9.80 Å². The Kier molecular flexibility index (Phi) is 5.37. The Bertz CT molecular complexity index is 1020. The number of rotatable bonds is 6. The summed E-state index contributed by atoms with van der Waals surface area (Å²) in [7, 11) is 0. The Morgan fingerprint density at radius 1 is 0.968 bits per heavy atom. The van der Waals surface area contributed by atoms with Crippen LogP contribution in [0.5, 0.6) is 0 Å². The maximum absolute atomic E-state index is 13.6. The highest BCUT2D eigenvalue weighted by molar-refractivity contribution is 6.09. The van der Waals surface area contributed by atoms with Crippen LogP contribution in [-0.4, -0.2) is 50.6 Å². The van der Waals surface area contributed by atoms with Gasteiger partial charge in [0.2, 0.25) is 0 Å². The molecule has 1 aliphatic heterocycles. The molecular weight excluding hydrogens is 396 g/mol. The normalized spacial score (nSPS) is 25.0. The lowest BCUT2D eigenvalue weighted by Gasteiger charge is -2.32. The summed E-state index contributed by atoms with van der Waals surface area (Å²) < 4.78 is 5.00. The first-order valence-electron chi connectivity index (χ1n) is 10.2. The molecule has 1 saturated heterocycles. The van der Waals surface area contributed by atoms with Crippen LogP contribution in [0.1, 0.15) is 24.5 Å². The molecule has 1 N–H and O–H groups in total. The van der Waals surface area contributed by atoms with Crippen LogP contribution in [0.25, 0.3) is 0 Å². The van der Waals surface area contributed by atoms with Gasteiger partial charge >= 0.3 is 12.0 Å². The number of ether oxygens (including phenoxy) is 1. The number of carbonyl (C=O) groups excluding carboxylic acids is 3. The highest BCUT2D eigenvalue weighted by atomic mass is 16.5. The third-order valence-electron chi connectivity index (χ3n) is 5.73. The topological polar surface area (TPSA) is 87.1 Å². The summed E-state index contributed by atoms with van der Waals surface area (Å²) in [4.78, 5) is 41.9. The molecule has 1 spiro atoms. The van der Waals surface area contributed by atoms with Crippen molar-refractivity contribution in [1.29, 1.82) is 0 Å². The molecular formula is C24H24N2O5. The smallest absolute Gasteiger partial charge is 0.342 e. The van der Waals surface area contributed by atoms with E-state index in [1.54, 1.807) is 6.92 Å². The maximum atomic E-state index is 13.6. The number of urea groups is 1. The van der Waals surface area contributed by atoms with Gasteiger partial charge in [0.25, 0.3) is 5.91 Å². The highest BCUT2D eigenvalue weighted by Crippen LogP contribution is 2.43. The Hall–Kier alpha value is -3.45. The second kappa shape index (κ2) is 8.00. The Labute approximate surface area is 180 Å². The molecule has 0 saturated carbocycles. The first-order chi connectivity index (χ1) is 14.9. The van der Waals surface area contributed by atoms with E-state index in [0.717, 1.165) is 11.1 Å². The molecule has 160 valence electrons. The van der Waals surface area contributed by atoms with E-state index in [-0.39, 0.29) is 26.1 Å². The van der Waals surface area contributed by atoms with Crippen LogP contribution >= 0.6 is 0 Å².